The van der Waals surface area contributed by atoms with Crippen molar-refractivity contribution in [1.82, 2.24) is 24.7 Å². The molecule has 3 heterocycles. The molecule has 10 nitrogen and oxygen atoms in total. The second-order valence-electron chi connectivity index (χ2n) is 6.99. The predicted molar refractivity (Wildman–Crippen MR) is 114 cm³/mol. The second-order valence-corrected chi connectivity index (χ2v) is 6.99. The summed E-state index contributed by atoms with van der Waals surface area (Å²) in [6.45, 7) is 4.75. The molecule has 0 aromatic carbocycles. The van der Waals surface area contributed by atoms with Gasteiger partial charge >= 0.3 is 0 Å². The molecule has 0 saturated heterocycles. The van der Waals surface area contributed by atoms with Crippen LogP contribution in [0.1, 0.15) is 42.7 Å². The van der Waals surface area contributed by atoms with Crippen molar-refractivity contribution in [2.24, 2.45) is 0 Å². The van der Waals surface area contributed by atoms with Gasteiger partial charge in [0.15, 0.2) is 11.3 Å². The van der Waals surface area contributed by atoms with Crippen LogP contribution >= 0.6 is 0 Å². The zero-order valence-electron chi connectivity index (χ0n) is 18.0. The lowest BCUT2D eigenvalue weighted by atomic mass is 10.1. The van der Waals surface area contributed by atoms with Gasteiger partial charge in [0.25, 0.3) is 5.56 Å². The lowest BCUT2D eigenvalue weighted by Gasteiger charge is -2.11. The first-order chi connectivity index (χ1) is 15.0. The Morgan fingerprint density at radius 1 is 1.26 bits per heavy atom. The number of unbranched alkanes of at least 4 members (excludes halogenated alkanes) is 1. The number of hydrogen-bond acceptors (Lipinski definition) is 8. The van der Waals surface area contributed by atoms with Crippen molar-refractivity contribution in [3.8, 4) is 17.3 Å². The Morgan fingerprint density at radius 2 is 2.06 bits per heavy atom. The molecule has 0 amide bonds. The fourth-order valence-corrected chi connectivity index (χ4v) is 3.20. The molecule has 0 saturated carbocycles. The minimum Gasteiger partial charge on any atom is -0.477 e. The van der Waals surface area contributed by atoms with Crippen molar-refractivity contribution in [2.45, 2.75) is 39.7 Å². The van der Waals surface area contributed by atoms with Gasteiger partial charge in [0.05, 0.1) is 31.0 Å². The average Bonchev–Trinajstić information content (AvgIpc) is 3.15. The molecule has 0 unspecified atom stereocenters. The van der Waals surface area contributed by atoms with Crippen molar-refractivity contribution in [3.05, 3.63) is 33.9 Å². The van der Waals surface area contributed by atoms with Gasteiger partial charge in [-0.3, -0.25) is 14.3 Å². The van der Waals surface area contributed by atoms with Gasteiger partial charge in [0.1, 0.15) is 17.9 Å². The Kier molecular flexibility index (Phi) is 7.48. The zero-order valence-corrected chi connectivity index (χ0v) is 18.0. The van der Waals surface area contributed by atoms with Crippen LogP contribution in [0.4, 0.5) is 0 Å². The topological polar surface area (TPSA) is 132 Å². The number of H-pyrrole nitrogens is 1. The van der Waals surface area contributed by atoms with Crippen molar-refractivity contribution in [3.63, 3.8) is 0 Å². The largest absolute Gasteiger partial charge is 0.477 e. The lowest BCUT2D eigenvalue weighted by molar-refractivity contribution is 0.0903. The maximum atomic E-state index is 12.8. The first-order valence-corrected chi connectivity index (χ1v) is 10.3. The molecule has 0 aliphatic rings. The predicted octanol–water partition coefficient (Wildman–Crippen LogP) is 1.74. The van der Waals surface area contributed by atoms with Crippen LogP contribution in [0.2, 0.25) is 0 Å². The van der Waals surface area contributed by atoms with Crippen molar-refractivity contribution >= 4 is 16.8 Å². The number of methoxy groups -OCH3 is 1. The summed E-state index contributed by atoms with van der Waals surface area (Å²) < 4.78 is 12.6. The van der Waals surface area contributed by atoms with Gasteiger partial charge in [-0.1, -0.05) is 20.3 Å². The van der Waals surface area contributed by atoms with Gasteiger partial charge in [-0.15, -0.1) is 0 Å². The van der Waals surface area contributed by atoms with E-state index in [4.69, 9.17) is 9.47 Å². The van der Waals surface area contributed by atoms with Gasteiger partial charge in [-0.05, 0) is 18.9 Å². The number of pyridine rings is 1. The third kappa shape index (κ3) is 4.80. The van der Waals surface area contributed by atoms with E-state index in [2.05, 4.69) is 20.1 Å². The number of nitrogens with zero attached hydrogens (tertiary/aromatic N) is 4. The molecule has 3 aromatic rings. The highest BCUT2D eigenvalue weighted by Crippen LogP contribution is 2.28. The summed E-state index contributed by atoms with van der Waals surface area (Å²) >= 11 is 0. The molecule has 0 fully saturated rings. The molecule has 31 heavy (non-hydrogen) atoms. The fourth-order valence-electron chi connectivity index (χ4n) is 3.20. The number of aliphatic hydroxyl groups is 1. The van der Waals surface area contributed by atoms with Gasteiger partial charge in [-0.2, -0.15) is 5.10 Å². The molecular weight excluding hydrogens is 402 g/mol. The number of aliphatic hydroxyl groups excluding tert-OH is 1. The highest BCUT2D eigenvalue weighted by molar-refractivity contribution is 5.97. The lowest BCUT2D eigenvalue weighted by Crippen LogP contribution is -2.12. The van der Waals surface area contributed by atoms with Gasteiger partial charge in [0, 0.05) is 18.9 Å². The Bertz CT molecular complexity index is 1120. The summed E-state index contributed by atoms with van der Waals surface area (Å²) in [5.74, 6) is -0.000687. The number of ketones is 1. The standard InChI is InChI=1S/C21H27N5O5/c1-4-6-8-31-21-14(10-13(11-22-21)16(28)12-27)19-23-17-15(5-2)26(7-9-30-3)25-18(17)20(29)24-19/h10-11,27H,4-9,12H2,1-3H3,(H,23,24,29). The third-order valence-corrected chi connectivity index (χ3v) is 4.85. The number of Topliss-reactive ketones (excluding diaryl/α,β-unsaturated/α-hetero) is 1. The molecule has 2 N–H and O–H groups in total. The molecule has 0 radical (unpaired) electrons. The number of hydrogen-bond donors (Lipinski definition) is 2. The van der Waals surface area contributed by atoms with Crippen LogP contribution in [0.5, 0.6) is 5.88 Å². The van der Waals surface area contributed by atoms with E-state index in [-0.39, 0.29) is 22.8 Å². The summed E-state index contributed by atoms with van der Waals surface area (Å²) in [5.41, 5.74) is 1.71. The number of aromatic amines is 1. The third-order valence-electron chi connectivity index (χ3n) is 4.85. The van der Waals surface area contributed by atoms with E-state index in [0.717, 1.165) is 18.5 Å². The van der Waals surface area contributed by atoms with E-state index in [1.54, 1.807) is 11.8 Å². The maximum Gasteiger partial charge on any atom is 0.279 e. The molecule has 0 spiro atoms. The van der Waals surface area contributed by atoms with Crippen molar-refractivity contribution in [1.29, 1.82) is 0 Å². The van der Waals surface area contributed by atoms with Crippen molar-refractivity contribution < 1.29 is 19.4 Å². The molecule has 0 atom stereocenters. The number of nitrogens with one attached hydrogen (secondary N) is 1. The molecule has 166 valence electrons. The molecule has 3 aromatic heterocycles. The zero-order chi connectivity index (χ0) is 22.4. The number of rotatable bonds is 11. The summed E-state index contributed by atoms with van der Waals surface area (Å²) in [4.78, 5) is 36.4. The van der Waals surface area contributed by atoms with Crippen LogP contribution in [-0.2, 0) is 17.7 Å². The number of carbonyl (C=O) groups excluding carboxylic acids is 1. The van der Waals surface area contributed by atoms with E-state index >= 15 is 0 Å². The molecule has 3 rings (SSSR count). The average molecular weight is 429 g/mol. The summed E-state index contributed by atoms with van der Waals surface area (Å²) in [6, 6.07) is 1.53. The number of fused-ring (bicyclic) bond motifs is 1. The molecule has 0 bridgehead atoms. The number of aromatic nitrogens is 5. The second kappa shape index (κ2) is 10.3. The molecular formula is C21H27N5O5. The Hall–Kier alpha value is -3.11. The first-order valence-electron chi connectivity index (χ1n) is 10.3. The van der Waals surface area contributed by atoms with E-state index < -0.39 is 17.9 Å². The van der Waals surface area contributed by atoms with Gasteiger partial charge < -0.3 is 19.6 Å². The maximum absolute atomic E-state index is 12.8. The Morgan fingerprint density at radius 3 is 2.74 bits per heavy atom. The Balaban J connectivity index is 2.16. The van der Waals surface area contributed by atoms with E-state index in [9.17, 15) is 14.7 Å². The molecule has 0 aliphatic carbocycles. The van der Waals surface area contributed by atoms with Crippen LogP contribution in [0.3, 0.4) is 0 Å². The minimum atomic E-state index is -0.646. The minimum absolute atomic E-state index is 0.203. The molecule has 0 aliphatic heterocycles. The summed E-state index contributed by atoms with van der Waals surface area (Å²) in [7, 11) is 1.60. The Labute approximate surface area is 179 Å². The normalized spacial score (nSPS) is 11.2. The highest BCUT2D eigenvalue weighted by atomic mass is 16.5. The van der Waals surface area contributed by atoms with Gasteiger partial charge in [0.2, 0.25) is 5.88 Å². The van der Waals surface area contributed by atoms with Gasteiger partial charge in [-0.25, -0.2) is 9.97 Å². The molecule has 10 heteroatoms. The van der Waals surface area contributed by atoms with Crippen LogP contribution in [0.25, 0.3) is 22.4 Å². The monoisotopic (exact) mass is 429 g/mol. The van der Waals surface area contributed by atoms with Crippen molar-refractivity contribution in [2.75, 3.05) is 26.9 Å². The number of carbonyl (C=O) groups is 1. The first kappa shape index (κ1) is 22.6. The summed E-state index contributed by atoms with van der Waals surface area (Å²) in [5, 5.41) is 13.6. The van der Waals surface area contributed by atoms with E-state index in [1.165, 1.54) is 12.3 Å². The van der Waals surface area contributed by atoms with Crippen LogP contribution in [0, 0.1) is 0 Å². The highest BCUT2D eigenvalue weighted by Gasteiger charge is 2.20. The SMILES string of the molecule is CCCCOc1ncc(C(=O)CO)cc1-c1nc2c(CC)n(CCOC)nc2c(=O)[nH]1. The van der Waals surface area contributed by atoms with E-state index in [1.807, 2.05) is 13.8 Å². The van der Waals surface area contributed by atoms with Crippen LogP contribution in [0.15, 0.2) is 17.1 Å². The summed E-state index contributed by atoms with van der Waals surface area (Å²) in [6.07, 6.45) is 3.74. The smallest absolute Gasteiger partial charge is 0.279 e. The quantitative estimate of drug-likeness (QED) is 0.348. The van der Waals surface area contributed by atoms with E-state index in [0.29, 0.717) is 37.3 Å². The fraction of sp³-hybridized carbons (Fsp3) is 0.476. The number of aryl methyl sites for hydroxylation is 1. The van der Waals surface area contributed by atoms with Crippen LogP contribution in [-0.4, -0.2) is 62.6 Å². The van der Waals surface area contributed by atoms with Crippen LogP contribution < -0.4 is 10.3 Å². The number of ether oxygens (including phenoxy) is 2.